The van der Waals surface area contributed by atoms with Gasteiger partial charge in [-0.1, -0.05) is 83.2 Å². The molecule has 0 aliphatic rings. The highest BCUT2D eigenvalue weighted by molar-refractivity contribution is 6.25. The lowest BCUT2D eigenvalue weighted by atomic mass is 9.86. The van der Waals surface area contributed by atoms with E-state index in [1.54, 1.807) is 11.0 Å². The molecular weight excluding hydrogens is 378 g/mol. The largest absolute Gasteiger partial charge is 0.287 e. The van der Waals surface area contributed by atoms with Crippen LogP contribution in [0.1, 0.15) is 78.0 Å². The van der Waals surface area contributed by atoms with Crippen molar-refractivity contribution in [2.75, 3.05) is 4.90 Å². The molecule has 31 heavy (non-hydrogen) atoms. The Bertz CT molecular complexity index is 864. The van der Waals surface area contributed by atoms with Gasteiger partial charge in [0.25, 0.3) is 0 Å². The van der Waals surface area contributed by atoms with E-state index >= 15 is 0 Å². The molecule has 2 N–H and O–H groups in total. The maximum Gasteiger partial charge on any atom is 0.146 e. The Labute approximate surface area is 191 Å². The number of rotatable bonds is 6. The molecule has 0 aliphatic heterocycles. The molecule has 0 saturated heterocycles. The summed E-state index contributed by atoms with van der Waals surface area (Å²) in [6.07, 6.45) is 5.77. The van der Waals surface area contributed by atoms with Crippen LogP contribution in [0.2, 0.25) is 0 Å². The highest BCUT2D eigenvalue weighted by Crippen LogP contribution is 2.33. The third-order valence-electron chi connectivity index (χ3n) is 5.46. The van der Waals surface area contributed by atoms with E-state index in [0.717, 1.165) is 29.2 Å². The van der Waals surface area contributed by atoms with Crippen molar-refractivity contribution in [2.45, 2.75) is 82.1 Å². The van der Waals surface area contributed by atoms with Gasteiger partial charge >= 0.3 is 0 Å². The molecule has 0 amide bonds. The number of allylic oxidation sites excluding steroid dienone is 1. The fraction of sp³-hybridized carbons (Fsp3) is 0.500. The number of anilines is 1. The number of hydrogen-bond acceptors (Lipinski definition) is 2. The van der Waals surface area contributed by atoms with Gasteiger partial charge in [-0.15, -0.1) is 0 Å². The summed E-state index contributed by atoms with van der Waals surface area (Å²) in [5, 5.41) is 17.8. The van der Waals surface area contributed by atoms with Crippen LogP contribution in [-0.2, 0) is 0 Å². The standard InChI is InChI=1S/C23H31N3.C5H12/c1-9-12-19(13-10-2)21(24)26(22(25)23(7,8)11-3)20-17(5)14-16(4)15-18(20)6;1-4-5(2)3/h10,13-15,24-25H,1,11H2,2-8H3;5H,4H2,1-3H3/b13-10-,24-21?,25-22?;. The molecule has 0 spiro atoms. The second-order valence-electron chi connectivity index (χ2n) is 9.03. The van der Waals surface area contributed by atoms with Crippen LogP contribution >= 0.6 is 0 Å². The van der Waals surface area contributed by atoms with Gasteiger partial charge in [0.15, 0.2) is 0 Å². The van der Waals surface area contributed by atoms with Crippen LogP contribution in [-0.4, -0.2) is 11.7 Å². The van der Waals surface area contributed by atoms with Crippen LogP contribution in [0.5, 0.6) is 0 Å². The van der Waals surface area contributed by atoms with Crippen molar-refractivity contribution in [1.29, 1.82) is 10.8 Å². The number of benzene rings is 1. The van der Waals surface area contributed by atoms with Crippen molar-refractivity contribution in [3.8, 4) is 0 Å². The first-order chi connectivity index (χ1) is 14.4. The van der Waals surface area contributed by atoms with Gasteiger partial charge < -0.3 is 0 Å². The van der Waals surface area contributed by atoms with E-state index in [-0.39, 0.29) is 11.3 Å². The fourth-order valence-corrected chi connectivity index (χ4v) is 2.89. The van der Waals surface area contributed by atoms with Gasteiger partial charge in [-0.25, -0.2) is 0 Å². The number of aryl methyl sites for hydroxylation is 3. The summed E-state index contributed by atoms with van der Waals surface area (Å²) in [6.45, 7) is 24.4. The van der Waals surface area contributed by atoms with Crippen molar-refractivity contribution < 1.29 is 0 Å². The van der Waals surface area contributed by atoms with Gasteiger partial charge in [0, 0.05) is 5.41 Å². The second-order valence-corrected chi connectivity index (χ2v) is 9.03. The molecule has 0 aromatic heterocycles. The molecule has 0 radical (unpaired) electrons. The molecule has 0 fully saturated rings. The summed E-state index contributed by atoms with van der Waals surface area (Å²) >= 11 is 0. The fourth-order valence-electron chi connectivity index (χ4n) is 2.89. The molecule has 3 heteroatoms. The first-order valence-electron chi connectivity index (χ1n) is 11.2. The number of nitrogens with one attached hydrogen (secondary N) is 2. The van der Waals surface area contributed by atoms with Crippen molar-refractivity contribution >= 4 is 17.4 Å². The third-order valence-corrected chi connectivity index (χ3v) is 5.46. The molecular formula is C28H43N3. The Hall–Kier alpha value is -2.60. The van der Waals surface area contributed by atoms with E-state index in [4.69, 9.17) is 10.8 Å². The second kappa shape index (κ2) is 13.0. The Kier molecular flexibility index (Phi) is 11.9. The van der Waals surface area contributed by atoms with E-state index in [0.29, 0.717) is 11.4 Å². The van der Waals surface area contributed by atoms with Gasteiger partial charge in [-0.2, -0.15) is 0 Å². The average molecular weight is 422 g/mol. The van der Waals surface area contributed by atoms with E-state index in [9.17, 15) is 0 Å². The minimum absolute atomic E-state index is 0.209. The quantitative estimate of drug-likeness (QED) is 0.206. The summed E-state index contributed by atoms with van der Waals surface area (Å²) in [5.41, 5.74) is 9.90. The molecule has 0 heterocycles. The first kappa shape index (κ1) is 28.4. The van der Waals surface area contributed by atoms with Crippen LogP contribution in [0.25, 0.3) is 0 Å². The summed E-state index contributed by atoms with van der Waals surface area (Å²) in [5.74, 6) is 1.49. The van der Waals surface area contributed by atoms with Crippen LogP contribution in [0, 0.1) is 42.9 Å². The van der Waals surface area contributed by atoms with E-state index in [1.807, 2.05) is 40.7 Å². The Morgan fingerprint density at radius 1 is 1.13 bits per heavy atom. The van der Waals surface area contributed by atoms with Gasteiger partial charge in [0.2, 0.25) is 0 Å². The first-order valence-corrected chi connectivity index (χ1v) is 11.2. The zero-order chi connectivity index (χ0) is 24.4. The summed E-state index contributed by atoms with van der Waals surface area (Å²) < 4.78 is 0. The van der Waals surface area contributed by atoms with Crippen LogP contribution in [0.15, 0.2) is 47.9 Å². The van der Waals surface area contributed by atoms with E-state index in [1.165, 1.54) is 12.0 Å². The summed E-state index contributed by atoms with van der Waals surface area (Å²) in [4.78, 5) is 1.74. The van der Waals surface area contributed by atoms with Gasteiger partial charge in [0.1, 0.15) is 11.7 Å². The maximum atomic E-state index is 8.91. The lowest BCUT2D eigenvalue weighted by molar-refractivity contribution is 0.495. The Morgan fingerprint density at radius 2 is 1.61 bits per heavy atom. The zero-order valence-electron chi connectivity index (χ0n) is 21.5. The molecule has 0 bridgehead atoms. The summed E-state index contributed by atoms with van der Waals surface area (Å²) in [7, 11) is 0. The topological polar surface area (TPSA) is 50.9 Å². The number of hydrogen-bond donors (Lipinski definition) is 2. The highest BCUT2D eigenvalue weighted by Gasteiger charge is 2.32. The minimum Gasteiger partial charge on any atom is -0.287 e. The number of amidine groups is 2. The Morgan fingerprint density at radius 3 is 1.97 bits per heavy atom. The lowest BCUT2D eigenvalue weighted by Crippen LogP contribution is -2.45. The van der Waals surface area contributed by atoms with Crippen molar-refractivity contribution in [1.82, 2.24) is 0 Å². The van der Waals surface area contributed by atoms with Crippen molar-refractivity contribution in [3.63, 3.8) is 0 Å². The number of nitrogens with zero attached hydrogens (tertiary/aromatic N) is 1. The average Bonchev–Trinajstić information content (AvgIpc) is 2.69. The van der Waals surface area contributed by atoms with Crippen molar-refractivity contribution in [3.05, 3.63) is 64.6 Å². The predicted octanol–water partition coefficient (Wildman–Crippen LogP) is 8.30. The van der Waals surface area contributed by atoms with E-state index < -0.39 is 0 Å². The van der Waals surface area contributed by atoms with Crippen molar-refractivity contribution in [2.24, 2.45) is 11.3 Å². The molecule has 0 unspecified atom stereocenters. The Balaban J connectivity index is 0.00000161. The molecule has 0 aliphatic carbocycles. The smallest absolute Gasteiger partial charge is 0.146 e. The monoisotopic (exact) mass is 421 g/mol. The van der Waals surface area contributed by atoms with E-state index in [2.05, 4.69) is 64.8 Å². The molecule has 0 saturated carbocycles. The third kappa shape index (κ3) is 8.21. The highest BCUT2D eigenvalue weighted by atomic mass is 15.2. The normalized spacial score (nSPS) is 10.8. The van der Waals surface area contributed by atoms with Gasteiger partial charge in [-0.05, 0) is 63.8 Å². The minimum atomic E-state index is -0.366. The van der Waals surface area contributed by atoms with Crippen LogP contribution in [0.4, 0.5) is 5.69 Å². The zero-order valence-corrected chi connectivity index (χ0v) is 21.5. The SMILES string of the molecule is C=C=C=C(/C=C\C)C(=N)N(C(=N)C(C)(C)CC)c1c(C)cc(C)cc1C.CCC(C)C. The molecule has 170 valence electrons. The van der Waals surface area contributed by atoms with Gasteiger partial charge in [-0.3, -0.25) is 15.7 Å². The summed E-state index contributed by atoms with van der Waals surface area (Å²) in [6, 6.07) is 4.19. The van der Waals surface area contributed by atoms with Crippen LogP contribution in [0.3, 0.4) is 0 Å². The van der Waals surface area contributed by atoms with Crippen LogP contribution < -0.4 is 4.90 Å². The lowest BCUT2D eigenvalue weighted by Gasteiger charge is -2.36. The molecule has 1 aromatic carbocycles. The molecule has 1 aromatic rings. The maximum absolute atomic E-state index is 8.91. The van der Waals surface area contributed by atoms with Gasteiger partial charge in [0.05, 0.1) is 11.3 Å². The molecule has 1 rings (SSSR count). The molecule has 0 atom stereocenters. The molecule has 3 nitrogen and oxygen atoms in total. The predicted molar refractivity (Wildman–Crippen MR) is 139 cm³/mol.